The minimum Gasteiger partial charge on any atom is -0.497 e. The maximum absolute atomic E-state index is 12.7. The molecule has 0 unspecified atom stereocenters. The molecule has 1 fully saturated rings. The summed E-state index contributed by atoms with van der Waals surface area (Å²) in [6, 6.07) is 20.5. The standard InChI is InChI=1S/C26H28N4O3/c1-33-21-9-5-6-18(16-21)17-28-25(31)22-10-11-23(29-24(22)27)19-12-14-30(15-13-19)26(32)20-7-3-2-4-8-20/h2-11,16,19H,12-15,17H2,1H3,(H2,27,29)(H,28,31). The van der Waals surface area contributed by atoms with Gasteiger partial charge in [0.15, 0.2) is 0 Å². The number of pyridine rings is 1. The lowest BCUT2D eigenvalue weighted by Gasteiger charge is -2.32. The molecule has 2 heterocycles. The highest BCUT2D eigenvalue weighted by Crippen LogP contribution is 2.28. The van der Waals surface area contributed by atoms with Gasteiger partial charge >= 0.3 is 0 Å². The number of nitrogens with one attached hydrogen (secondary N) is 1. The molecular weight excluding hydrogens is 416 g/mol. The van der Waals surface area contributed by atoms with Gasteiger partial charge in [-0.05, 0) is 54.8 Å². The zero-order chi connectivity index (χ0) is 23.2. The molecule has 170 valence electrons. The monoisotopic (exact) mass is 444 g/mol. The summed E-state index contributed by atoms with van der Waals surface area (Å²) in [4.78, 5) is 31.7. The molecule has 1 aromatic heterocycles. The van der Waals surface area contributed by atoms with E-state index in [0.29, 0.717) is 30.8 Å². The predicted molar refractivity (Wildman–Crippen MR) is 127 cm³/mol. The summed E-state index contributed by atoms with van der Waals surface area (Å²) < 4.78 is 5.21. The first kappa shape index (κ1) is 22.3. The maximum Gasteiger partial charge on any atom is 0.255 e. The molecule has 2 amide bonds. The molecule has 0 radical (unpaired) electrons. The fraction of sp³-hybridized carbons (Fsp3) is 0.269. The van der Waals surface area contributed by atoms with Crippen LogP contribution in [-0.4, -0.2) is 41.9 Å². The number of rotatable bonds is 6. The highest BCUT2D eigenvalue weighted by Gasteiger charge is 2.26. The average molecular weight is 445 g/mol. The van der Waals surface area contributed by atoms with E-state index in [9.17, 15) is 9.59 Å². The topological polar surface area (TPSA) is 97.5 Å². The molecular formula is C26H28N4O3. The molecule has 33 heavy (non-hydrogen) atoms. The molecule has 7 nitrogen and oxygen atoms in total. The fourth-order valence-electron chi connectivity index (χ4n) is 4.11. The van der Waals surface area contributed by atoms with Crippen LogP contribution in [0.5, 0.6) is 5.75 Å². The van der Waals surface area contributed by atoms with Gasteiger partial charge in [0.2, 0.25) is 0 Å². The van der Waals surface area contributed by atoms with Crippen molar-refractivity contribution >= 4 is 17.6 Å². The van der Waals surface area contributed by atoms with Crippen LogP contribution in [0.1, 0.15) is 50.7 Å². The summed E-state index contributed by atoms with van der Waals surface area (Å²) >= 11 is 0. The number of hydrogen-bond donors (Lipinski definition) is 2. The Labute approximate surface area is 193 Å². The van der Waals surface area contributed by atoms with Gasteiger partial charge in [0, 0.05) is 36.8 Å². The highest BCUT2D eigenvalue weighted by atomic mass is 16.5. The number of benzene rings is 2. The van der Waals surface area contributed by atoms with Crippen LogP contribution < -0.4 is 15.8 Å². The molecule has 1 aliphatic heterocycles. The summed E-state index contributed by atoms with van der Waals surface area (Å²) in [6.45, 7) is 1.70. The quantitative estimate of drug-likeness (QED) is 0.605. The molecule has 1 aliphatic rings. The smallest absolute Gasteiger partial charge is 0.255 e. The van der Waals surface area contributed by atoms with E-state index in [-0.39, 0.29) is 23.6 Å². The van der Waals surface area contributed by atoms with Crippen molar-refractivity contribution < 1.29 is 14.3 Å². The van der Waals surface area contributed by atoms with Crippen LogP contribution in [0.25, 0.3) is 0 Å². The number of amides is 2. The van der Waals surface area contributed by atoms with Gasteiger partial charge in [-0.1, -0.05) is 30.3 Å². The van der Waals surface area contributed by atoms with E-state index in [4.69, 9.17) is 10.5 Å². The highest BCUT2D eigenvalue weighted by molar-refractivity contribution is 5.98. The maximum atomic E-state index is 12.7. The predicted octanol–water partition coefficient (Wildman–Crippen LogP) is 3.62. The molecule has 4 rings (SSSR count). The van der Waals surface area contributed by atoms with E-state index in [1.54, 1.807) is 13.2 Å². The van der Waals surface area contributed by atoms with Gasteiger partial charge in [-0.3, -0.25) is 9.59 Å². The van der Waals surface area contributed by atoms with Crippen molar-refractivity contribution in [3.05, 3.63) is 89.1 Å². The van der Waals surface area contributed by atoms with Crippen LogP contribution in [0, 0.1) is 0 Å². The fourth-order valence-corrected chi connectivity index (χ4v) is 4.11. The third-order valence-electron chi connectivity index (χ3n) is 6.00. The van der Waals surface area contributed by atoms with Crippen molar-refractivity contribution in [2.24, 2.45) is 0 Å². The molecule has 0 atom stereocenters. The lowest BCUT2D eigenvalue weighted by atomic mass is 9.92. The number of aromatic nitrogens is 1. The minimum absolute atomic E-state index is 0.0598. The first-order valence-corrected chi connectivity index (χ1v) is 11.1. The van der Waals surface area contributed by atoms with Gasteiger partial charge in [-0.2, -0.15) is 0 Å². The molecule has 7 heteroatoms. The van der Waals surface area contributed by atoms with Crippen molar-refractivity contribution in [1.82, 2.24) is 15.2 Å². The molecule has 3 aromatic rings. The Bertz CT molecular complexity index is 1130. The molecule has 0 spiro atoms. The van der Waals surface area contributed by atoms with E-state index >= 15 is 0 Å². The average Bonchev–Trinajstić information content (AvgIpc) is 2.87. The van der Waals surface area contributed by atoms with Gasteiger partial charge in [0.25, 0.3) is 11.8 Å². The summed E-state index contributed by atoms with van der Waals surface area (Å²) in [5, 5.41) is 2.88. The first-order chi connectivity index (χ1) is 16.0. The molecule has 0 aliphatic carbocycles. The number of nitrogens with two attached hydrogens (primary N) is 1. The Kier molecular flexibility index (Phi) is 6.88. The molecule has 0 saturated carbocycles. The normalized spacial score (nSPS) is 14.0. The minimum atomic E-state index is -0.266. The van der Waals surface area contributed by atoms with Crippen LogP contribution in [0.3, 0.4) is 0 Å². The van der Waals surface area contributed by atoms with Gasteiger partial charge < -0.3 is 20.7 Å². The molecule has 0 bridgehead atoms. The van der Waals surface area contributed by atoms with Crippen molar-refractivity contribution in [3.8, 4) is 5.75 Å². The Morgan fingerprint density at radius 3 is 2.52 bits per heavy atom. The number of carbonyl (C=O) groups excluding carboxylic acids is 2. The number of piperidine rings is 1. The third kappa shape index (κ3) is 5.31. The Morgan fingerprint density at radius 1 is 1.06 bits per heavy atom. The van der Waals surface area contributed by atoms with E-state index < -0.39 is 0 Å². The van der Waals surface area contributed by atoms with Crippen LogP contribution in [0.2, 0.25) is 0 Å². The second-order valence-corrected chi connectivity index (χ2v) is 8.14. The van der Waals surface area contributed by atoms with Crippen LogP contribution in [-0.2, 0) is 6.54 Å². The van der Waals surface area contributed by atoms with Gasteiger partial charge in [-0.25, -0.2) is 4.98 Å². The first-order valence-electron chi connectivity index (χ1n) is 11.1. The number of ether oxygens (including phenoxy) is 1. The van der Waals surface area contributed by atoms with E-state index in [2.05, 4.69) is 10.3 Å². The van der Waals surface area contributed by atoms with Crippen LogP contribution >= 0.6 is 0 Å². The summed E-state index contributed by atoms with van der Waals surface area (Å²) in [7, 11) is 1.61. The van der Waals surface area contributed by atoms with Crippen molar-refractivity contribution in [2.75, 3.05) is 25.9 Å². The van der Waals surface area contributed by atoms with Gasteiger partial charge in [0.1, 0.15) is 11.6 Å². The van der Waals surface area contributed by atoms with Crippen LogP contribution in [0.15, 0.2) is 66.7 Å². The molecule has 1 saturated heterocycles. The number of anilines is 1. The Hall–Kier alpha value is -3.87. The second kappa shape index (κ2) is 10.2. The van der Waals surface area contributed by atoms with Gasteiger partial charge in [0.05, 0.1) is 12.7 Å². The van der Waals surface area contributed by atoms with Crippen LogP contribution in [0.4, 0.5) is 5.82 Å². The number of nitrogen functional groups attached to an aromatic ring is 1. The van der Waals surface area contributed by atoms with E-state index in [0.717, 1.165) is 29.8 Å². The van der Waals surface area contributed by atoms with Crippen molar-refractivity contribution in [2.45, 2.75) is 25.3 Å². The van der Waals surface area contributed by atoms with Gasteiger partial charge in [-0.15, -0.1) is 0 Å². The Balaban J connectivity index is 1.34. The largest absolute Gasteiger partial charge is 0.497 e. The Morgan fingerprint density at radius 2 is 1.82 bits per heavy atom. The SMILES string of the molecule is COc1cccc(CNC(=O)c2ccc(C3CCN(C(=O)c4ccccc4)CC3)nc2N)c1. The lowest BCUT2D eigenvalue weighted by molar-refractivity contribution is 0.0711. The number of carbonyl (C=O) groups is 2. The van der Waals surface area contributed by atoms with E-state index in [1.807, 2.05) is 65.6 Å². The summed E-state index contributed by atoms with van der Waals surface area (Å²) in [5.41, 5.74) is 9.01. The zero-order valence-electron chi connectivity index (χ0n) is 18.7. The number of hydrogen-bond acceptors (Lipinski definition) is 5. The summed E-state index contributed by atoms with van der Waals surface area (Å²) in [6.07, 6.45) is 1.62. The lowest BCUT2D eigenvalue weighted by Crippen LogP contribution is -2.38. The zero-order valence-corrected chi connectivity index (χ0v) is 18.7. The summed E-state index contributed by atoms with van der Waals surface area (Å²) in [5.74, 6) is 0.963. The third-order valence-corrected chi connectivity index (χ3v) is 6.00. The number of likely N-dealkylation sites (tertiary alicyclic amines) is 1. The van der Waals surface area contributed by atoms with Crippen molar-refractivity contribution in [3.63, 3.8) is 0 Å². The molecule has 2 aromatic carbocycles. The number of methoxy groups -OCH3 is 1. The van der Waals surface area contributed by atoms with Crippen molar-refractivity contribution in [1.29, 1.82) is 0 Å². The molecule has 3 N–H and O–H groups in total. The second-order valence-electron chi connectivity index (χ2n) is 8.14. The number of nitrogens with zero attached hydrogens (tertiary/aromatic N) is 2. The van der Waals surface area contributed by atoms with E-state index in [1.165, 1.54) is 0 Å².